The molecular formula is C20H27ClN4O3. The molecule has 0 amide bonds. The Balaban J connectivity index is 1.66. The van der Waals surface area contributed by atoms with Crippen molar-refractivity contribution in [3.05, 3.63) is 51.9 Å². The Kier molecular flexibility index (Phi) is 7.44. The predicted octanol–water partition coefficient (Wildman–Crippen LogP) is 2.41. The van der Waals surface area contributed by atoms with Gasteiger partial charge in [0.05, 0.1) is 17.6 Å². The minimum atomic E-state index is -0.305. The van der Waals surface area contributed by atoms with Crippen molar-refractivity contribution in [2.24, 2.45) is 0 Å². The highest BCUT2D eigenvalue weighted by Crippen LogP contribution is 2.23. The second kappa shape index (κ2) is 10.0. The number of ether oxygens (including phenoxy) is 2. The van der Waals surface area contributed by atoms with E-state index < -0.39 is 0 Å². The van der Waals surface area contributed by atoms with Gasteiger partial charge in [-0.3, -0.25) is 9.69 Å². The first kappa shape index (κ1) is 20.8. The van der Waals surface area contributed by atoms with Gasteiger partial charge in [0.15, 0.2) is 6.29 Å². The third kappa shape index (κ3) is 4.91. The topological polar surface area (TPSA) is 59.8 Å². The number of para-hydroxylation sites is 1. The fourth-order valence-electron chi connectivity index (χ4n) is 3.31. The summed E-state index contributed by atoms with van der Waals surface area (Å²) in [5, 5.41) is 4.53. The number of piperazine rings is 1. The van der Waals surface area contributed by atoms with Crippen LogP contribution < -0.4 is 10.5 Å². The van der Waals surface area contributed by atoms with Gasteiger partial charge in [0.2, 0.25) is 0 Å². The van der Waals surface area contributed by atoms with Crippen LogP contribution in [0.1, 0.15) is 13.8 Å². The molecule has 0 atom stereocenters. The van der Waals surface area contributed by atoms with Gasteiger partial charge in [-0.15, -0.1) is 0 Å². The van der Waals surface area contributed by atoms with Crippen molar-refractivity contribution in [2.45, 2.75) is 20.1 Å². The van der Waals surface area contributed by atoms with Crippen LogP contribution >= 0.6 is 11.6 Å². The molecule has 1 saturated heterocycles. The Morgan fingerprint density at radius 3 is 2.32 bits per heavy atom. The Hall–Kier alpha value is -1.93. The normalized spacial score (nSPS) is 15.4. The number of aromatic nitrogens is 2. The van der Waals surface area contributed by atoms with E-state index in [9.17, 15) is 4.79 Å². The smallest absolute Gasteiger partial charge is 0.292 e. The maximum absolute atomic E-state index is 12.7. The average Bonchev–Trinajstić information content (AvgIpc) is 2.72. The minimum absolute atomic E-state index is 0.203. The molecule has 2 aromatic rings. The summed E-state index contributed by atoms with van der Waals surface area (Å²) in [5.41, 5.74) is 1.08. The molecule has 2 heterocycles. The quantitative estimate of drug-likeness (QED) is 0.627. The summed E-state index contributed by atoms with van der Waals surface area (Å²) in [7, 11) is 0. The Labute approximate surface area is 170 Å². The van der Waals surface area contributed by atoms with E-state index in [0.29, 0.717) is 24.6 Å². The maximum Gasteiger partial charge on any atom is 0.292 e. The van der Waals surface area contributed by atoms with Gasteiger partial charge in [-0.05, 0) is 26.0 Å². The number of rotatable bonds is 8. The molecule has 1 aromatic carbocycles. The largest absolute Gasteiger partial charge is 0.366 e. The Bertz CT molecular complexity index is 801. The second-order valence-electron chi connectivity index (χ2n) is 6.52. The molecule has 7 nitrogen and oxygen atoms in total. The van der Waals surface area contributed by atoms with Gasteiger partial charge in [-0.2, -0.15) is 9.78 Å². The number of halogens is 1. The van der Waals surface area contributed by atoms with E-state index in [-0.39, 0.29) is 16.9 Å². The molecule has 8 heteroatoms. The minimum Gasteiger partial charge on any atom is -0.366 e. The highest BCUT2D eigenvalue weighted by atomic mass is 35.5. The summed E-state index contributed by atoms with van der Waals surface area (Å²) in [6, 6.07) is 9.28. The lowest BCUT2D eigenvalue weighted by atomic mass is 10.2. The van der Waals surface area contributed by atoms with E-state index in [0.717, 1.165) is 32.7 Å². The zero-order chi connectivity index (χ0) is 19.9. The maximum atomic E-state index is 12.7. The van der Waals surface area contributed by atoms with Crippen molar-refractivity contribution in [3.63, 3.8) is 0 Å². The number of anilines is 1. The van der Waals surface area contributed by atoms with Crippen molar-refractivity contribution in [2.75, 3.05) is 50.8 Å². The molecule has 0 N–H and O–H groups in total. The zero-order valence-corrected chi connectivity index (χ0v) is 17.1. The van der Waals surface area contributed by atoms with E-state index in [4.69, 9.17) is 21.1 Å². The first-order valence-corrected chi connectivity index (χ1v) is 10.1. The van der Waals surface area contributed by atoms with Gasteiger partial charge in [-0.1, -0.05) is 29.8 Å². The van der Waals surface area contributed by atoms with Gasteiger partial charge in [-0.25, -0.2) is 0 Å². The van der Waals surface area contributed by atoms with Crippen LogP contribution in [0.2, 0.25) is 5.02 Å². The fraction of sp³-hybridized carbons (Fsp3) is 0.500. The van der Waals surface area contributed by atoms with E-state index in [2.05, 4.69) is 14.9 Å². The molecule has 0 radical (unpaired) electrons. The third-order valence-electron chi connectivity index (χ3n) is 4.73. The van der Waals surface area contributed by atoms with Crippen LogP contribution in [0, 0.1) is 0 Å². The molecule has 28 heavy (non-hydrogen) atoms. The Morgan fingerprint density at radius 2 is 1.71 bits per heavy atom. The highest BCUT2D eigenvalue weighted by molar-refractivity contribution is 6.33. The summed E-state index contributed by atoms with van der Waals surface area (Å²) in [6.07, 6.45) is 1.47. The van der Waals surface area contributed by atoms with Crippen LogP contribution in [-0.2, 0) is 9.47 Å². The van der Waals surface area contributed by atoms with Crippen molar-refractivity contribution in [1.82, 2.24) is 14.7 Å². The van der Waals surface area contributed by atoms with Crippen molar-refractivity contribution >= 4 is 17.3 Å². The van der Waals surface area contributed by atoms with Crippen LogP contribution in [0.3, 0.4) is 0 Å². The molecule has 3 rings (SSSR count). The van der Waals surface area contributed by atoms with Crippen LogP contribution in [-0.4, -0.2) is 66.9 Å². The standard InChI is InChI=1S/C20H27ClN4O3/c1-3-27-18(28-4-2)15-23-10-12-24(13-11-23)17-14-22-25(20(26)19(17)21)16-8-6-5-7-9-16/h5-9,14,18H,3-4,10-13,15H2,1-2H3. The van der Waals surface area contributed by atoms with Crippen LogP contribution in [0.5, 0.6) is 0 Å². The second-order valence-corrected chi connectivity index (χ2v) is 6.90. The number of nitrogens with zero attached hydrogens (tertiary/aromatic N) is 4. The van der Waals surface area contributed by atoms with Crippen LogP contribution in [0.4, 0.5) is 5.69 Å². The lowest BCUT2D eigenvalue weighted by molar-refractivity contribution is -0.147. The molecule has 0 aliphatic carbocycles. The summed E-state index contributed by atoms with van der Waals surface area (Å²) in [5.74, 6) is 0. The number of hydrogen-bond donors (Lipinski definition) is 0. The van der Waals surface area contributed by atoms with E-state index in [1.807, 2.05) is 44.2 Å². The van der Waals surface area contributed by atoms with Gasteiger partial charge in [0, 0.05) is 45.9 Å². The van der Waals surface area contributed by atoms with Crippen molar-refractivity contribution in [1.29, 1.82) is 0 Å². The highest BCUT2D eigenvalue weighted by Gasteiger charge is 2.23. The first-order chi connectivity index (χ1) is 13.6. The van der Waals surface area contributed by atoms with E-state index >= 15 is 0 Å². The Morgan fingerprint density at radius 1 is 1.07 bits per heavy atom. The zero-order valence-electron chi connectivity index (χ0n) is 16.4. The van der Waals surface area contributed by atoms with Gasteiger partial charge >= 0.3 is 0 Å². The molecule has 1 aliphatic rings. The van der Waals surface area contributed by atoms with Gasteiger partial charge in [0.1, 0.15) is 5.02 Å². The molecule has 0 saturated carbocycles. The number of hydrogen-bond acceptors (Lipinski definition) is 6. The number of benzene rings is 1. The predicted molar refractivity (Wildman–Crippen MR) is 111 cm³/mol. The van der Waals surface area contributed by atoms with Crippen LogP contribution in [0.25, 0.3) is 5.69 Å². The molecule has 0 unspecified atom stereocenters. The van der Waals surface area contributed by atoms with Crippen LogP contribution in [0.15, 0.2) is 41.3 Å². The molecule has 0 bridgehead atoms. The van der Waals surface area contributed by atoms with Gasteiger partial charge in [0.25, 0.3) is 5.56 Å². The molecule has 1 aromatic heterocycles. The van der Waals surface area contributed by atoms with E-state index in [1.54, 1.807) is 6.20 Å². The molecular weight excluding hydrogens is 380 g/mol. The van der Waals surface area contributed by atoms with Crippen molar-refractivity contribution in [3.8, 4) is 5.69 Å². The average molecular weight is 407 g/mol. The lowest BCUT2D eigenvalue weighted by Crippen LogP contribution is -2.49. The summed E-state index contributed by atoms with van der Waals surface area (Å²) in [4.78, 5) is 17.1. The van der Waals surface area contributed by atoms with Gasteiger partial charge < -0.3 is 14.4 Å². The third-order valence-corrected chi connectivity index (χ3v) is 5.08. The molecule has 0 spiro atoms. The monoisotopic (exact) mass is 406 g/mol. The lowest BCUT2D eigenvalue weighted by Gasteiger charge is -2.37. The fourth-order valence-corrected chi connectivity index (χ4v) is 3.55. The molecule has 152 valence electrons. The van der Waals surface area contributed by atoms with E-state index in [1.165, 1.54) is 4.68 Å². The summed E-state index contributed by atoms with van der Waals surface area (Å²) < 4.78 is 12.6. The molecule has 1 aliphatic heterocycles. The summed E-state index contributed by atoms with van der Waals surface area (Å²) >= 11 is 6.42. The van der Waals surface area contributed by atoms with Crippen molar-refractivity contribution < 1.29 is 9.47 Å². The summed E-state index contributed by atoms with van der Waals surface area (Å²) in [6.45, 7) is 9.14. The first-order valence-electron chi connectivity index (χ1n) is 9.67. The molecule has 1 fully saturated rings. The SMILES string of the molecule is CCOC(CN1CCN(c2cnn(-c3ccccc3)c(=O)c2Cl)CC1)OCC.